The minimum Gasteiger partial charge on any atom is -0.310 e. The van der Waals surface area contributed by atoms with E-state index >= 15 is 0 Å². The van der Waals surface area contributed by atoms with E-state index < -0.39 is 0 Å². The summed E-state index contributed by atoms with van der Waals surface area (Å²) in [6.07, 6.45) is 0. The molecule has 1 heterocycles. The first kappa shape index (κ1) is 32.6. The predicted molar refractivity (Wildman–Crippen MR) is 223 cm³/mol. The molecule has 1 aromatic heterocycles. The largest absolute Gasteiger partial charge is 0.310 e. The van der Waals surface area contributed by atoms with Gasteiger partial charge >= 0.3 is 0 Å². The zero-order valence-corrected chi connectivity index (χ0v) is 29.5. The Balaban J connectivity index is 0.00000190. The first-order valence-corrected chi connectivity index (χ1v) is 18.1. The van der Waals surface area contributed by atoms with E-state index in [-0.39, 0.29) is 0 Å². The smallest absolute Gasteiger partial charge is 0.0541 e. The summed E-state index contributed by atoms with van der Waals surface area (Å²) in [5.74, 6) is 0. The number of fused-ring (bicyclic) bond motifs is 3. The highest BCUT2D eigenvalue weighted by Gasteiger charge is 2.16. The summed E-state index contributed by atoms with van der Waals surface area (Å²) in [5.41, 5.74) is 14.1. The van der Waals surface area contributed by atoms with Crippen LogP contribution in [0, 0.1) is 0 Å². The zero-order chi connectivity index (χ0) is 35.3. The normalized spacial score (nSPS) is 10.9. The third-order valence-electron chi connectivity index (χ3n) is 9.57. The van der Waals surface area contributed by atoms with Crippen LogP contribution < -0.4 is 4.90 Å². The van der Waals surface area contributed by atoms with Crippen LogP contribution in [-0.4, -0.2) is 4.57 Å². The highest BCUT2D eigenvalue weighted by molar-refractivity contribution is 6.10. The minimum absolute atomic E-state index is 1.11. The fourth-order valence-electron chi connectivity index (χ4n) is 7.17. The van der Waals surface area contributed by atoms with Crippen LogP contribution in [0.4, 0.5) is 17.1 Å². The van der Waals surface area contributed by atoms with Gasteiger partial charge in [-0.2, -0.15) is 0 Å². The average Bonchev–Trinajstić information content (AvgIpc) is 3.57. The van der Waals surface area contributed by atoms with E-state index in [9.17, 15) is 0 Å². The molecule has 2 nitrogen and oxygen atoms in total. The van der Waals surface area contributed by atoms with Gasteiger partial charge in [0.1, 0.15) is 0 Å². The Kier molecular flexibility index (Phi) is 9.19. The molecular formula is C50H40N2. The molecule has 0 saturated heterocycles. The van der Waals surface area contributed by atoms with Crippen LogP contribution in [0.2, 0.25) is 0 Å². The summed E-state index contributed by atoms with van der Waals surface area (Å²) >= 11 is 0. The topological polar surface area (TPSA) is 8.17 Å². The van der Waals surface area contributed by atoms with Crippen molar-refractivity contribution in [2.45, 2.75) is 13.8 Å². The molecule has 0 N–H and O–H groups in total. The van der Waals surface area contributed by atoms with Crippen LogP contribution in [0.25, 0.3) is 60.9 Å². The third kappa shape index (κ3) is 6.27. The van der Waals surface area contributed by atoms with Gasteiger partial charge in [0.2, 0.25) is 0 Å². The molecule has 0 aliphatic heterocycles. The molecule has 2 heteroatoms. The standard InChI is InChI=1S/C48H34N2.C2H6/c1-4-14-35(15-5-1)37-26-29-42(30-27-37)49(41-20-8-3-9-21-41)43-22-13-19-39(33-43)40-28-31-48-46(34-40)45-24-10-11-25-47(45)50(48)44-23-12-18-38(32-44)36-16-6-2-7-17-36;1-2/h1-34H;1-2H3. The van der Waals surface area contributed by atoms with Crippen molar-refractivity contribution >= 4 is 38.9 Å². The number of benzene rings is 8. The Hall–Kier alpha value is -6.64. The van der Waals surface area contributed by atoms with Gasteiger partial charge < -0.3 is 9.47 Å². The van der Waals surface area contributed by atoms with E-state index in [4.69, 9.17) is 0 Å². The summed E-state index contributed by atoms with van der Waals surface area (Å²) in [7, 11) is 0. The van der Waals surface area contributed by atoms with Crippen molar-refractivity contribution < 1.29 is 0 Å². The Labute approximate surface area is 306 Å². The second-order valence-electron chi connectivity index (χ2n) is 12.6. The maximum Gasteiger partial charge on any atom is 0.0541 e. The molecule has 0 spiro atoms. The molecule has 0 aliphatic rings. The van der Waals surface area contributed by atoms with Crippen LogP contribution in [0.1, 0.15) is 13.8 Å². The summed E-state index contributed by atoms with van der Waals surface area (Å²) < 4.78 is 2.40. The first-order chi connectivity index (χ1) is 25.8. The Bertz CT molecular complexity index is 2570. The van der Waals surface area contributed by atoms with Crippen molar-refractivity contribution in [3.8, 4) is 39.1 Å². The van der Waals surface area contributed by atoms with E-state index in [0.29, 0.717) is 0 Å². The summed E-state index contributed by atoms with van der Waals surface area (Å²) in [6.45, 7) is 4.00. The van der Waals surface area contributed by atoms with Crippen molar-refractivity contribution in [1.82, 2.24) is 4.57 Å². The first-order valence-electron chi connectivity index (χ1n) is 18.1. The van der Waals surface area contributed by atoms with Gasteiger partial charge in [0.25, 0.3) is 0 Å². The maximum absolute atomic E-state index is 2.40. The van der Waals surface area contributed by atoms with Crippen molar-refractivity contribution in [3.63, 3.8) is 0 Å². The Morgan fingerprint density at radius 2 is 0.769 bits per heavy atom. The Morgan fingerprint density at radius 1 is 0.308 bits per heavy atom. The number of para-hydroxylation sites is 2. The summed E-state index contributed by atoms with van der Waals surface area (Å²) in [4.78, 5) is 2.34. The van der Waals surface area contributed by atoms with E-state index in [1.807, 2.05) is 13.8 Å². The van der Waals surface area contributed by atoms with Gasteiger partial charge in [-0.25, -0.2) is 0 Å². The van der Waals surface area contributed by atoms with Crippen LogP contribution in [-0.2, 0) is 0 Å². The van der Waals surface area contributed by atoms with Crippen LogP contribution in [0.15, 0.2) is 206 Å². The average molecular weight is 669 g/mol. The van der Waals surface area contributed by atoms with Crippen molar-refractivity contribution in [2.24, 2.45) is 0 Å². The molecule has 0 radical (unpaired) electrons. The lowest BCUT2D eigenvalue weighted by Gasteiger charge is -2.26. The lowest BCUT2D eigenvalue weighted by molar-refractivity contribution is 1.18. The molecule has 250 valence electrons. The van der Waals surface area contributed by atoms with E-state index in [1.54, 1.807) is 0 Å². The number of hydrogen-bond donors (Lipinski definition) is 0. The van der Waals surface area contributed by atoms with E-state index in [1.165, 1.54) is 55.2 Å². The molecule has 9 rings (SSSR count). The van der Waals surface area contributed by atoms with Gasteiger partial charge in [0.15, 0.2) is 0 Å². The van der Waals surface area contributed by atoms with E-state index in [0.717, 1.165) is 22.7 Å². The molecule has 0 bridgehead atoms. The van der Waals surface area contributed by atoms with Gasteiger partial charge in [-0.05, 0) is 100 Å². The minimum atomic E-state index is 1.11. The molecule has 52 heavy (non-hydrogen) atoms. The van der Waals surface area contributed by atoms with Gasteiger partial charge in [-0.15, -0.1) is 0 Å². The second kappa shape index (κ2) is 14.7. The van der Waals surface area contributed by atoms with Crippen molar-refractivity contribution in [1.29, 1.82) is 0 Å². The predicted octanol–water partition coefficient (Wildman–Crippen LogP) is 14.3. The van der Waals surface area contributed by atoms with Crippen molar-refractivity contribution in [3.05, 3.63) is 206 Å². The summed E-state index contributed by atoms with van der Waals surface area (Å²) in [5, 5.41) is 2.49. The van der Waals surface area contributed by atoms with Gasteiger partial charge in [-0.1, -0.05) is 153 Å². The lowest BCUT2D eigenvalue weighted by atomic mass is 10.0. The number of anilines is 3. The number of nitrogens with zero attached hydrogens (tertiary/aromatic N) is 2. The van der Waals surface area contributed by atoms with Crippen LogP contribution >= 0.6 is 0 Å². The number of rotatable bonds is 7. The van der Waals surface area contributed by atoms with Crippen LogP contribution in [0.3, 0.4) is 0 Å². The van der Waals surface area contributed by atoms with Crippen molar-refractivity contribution in [2.75, 3.05) is 4.90 Å². The molecular weight excluding hydrogens is 629 g/mol. The molecule has 0 atom stereocenters. The van der Waals surface area contributed by atoms with Gasteiger partial charge in [0.05, 0.1) is 11.0 Å². The zero-order valence-electron chi connectivity index (χ0n) is 29.5. The number of hydrogen-bond acceptors (Lipinski definition) is 1. The summed E-state index contributed by atoms with van der Waals surface area (Å²) in [6, 6.07) is 74.0. The fourth-order valence-corrected chi connectivity index (χ4v) is 7.17. The molecule has 0 saturated carbocycles. The molecule has 0 unspecified atom stereocenters. The van der Waals surface area contributed by atoms with Gasteiger partial charge in [0, 0.05) is 33.5 Å². The highest BCUT2D eigenvalue weighted by atomic mass is 15.1. The van der Waals surface area contributed by atoms with E-state index in [2.05, 4.69) is 216 Å². The molecule has 8 aromatic carbocycles. The van der Waals surface area contributed by atoms with Gasteiger partial charge in [-0.3, -0.25) is 0 Å². The number of aromatic nitrogens is 1. The molecule has 9 aromatic rings. The highest BCUT2D eigenvalue weighted by Crippen LogP contribution is 2.39. The monoisotopic (exact) mass is 668 g/mol. The second-order valence-corrected chi connectivity index (χ2v) is 12.6. The quantitative estimate of drug-likeness (QED) is 0.164. The third-order valence-corrected chi connectivity index (χ3v) is 9.57. The lowest BCUT2D eigenvalue weighted by Crippen LogP contribution is -2.09. The maximum atomic E-state index is 2.40. The molecule has 0 aliphatic carbocycles. The molecule has 0 fully saturated rings. The SMILES string of the molecule is CC.c1ccc(-c2ccc(N(c3ccccc3)c3cccc(-c4ccc5c(c4)c4ccccc4n5-c4cccc(-c5ccccc5)c4)c3)cc2)cc1. The Morgan fingerprint density at radius 3 is 1.48 bits per heavy atom. The fraction of sp³-hybridized carbons (Fsp3) is 0.0400. The van der Waals surface area contributed by atoms with Crippen LogP contribution in [0.5, 0.6) is 0 Å². The molecule has 0 amide bonds.